The molecule has 2 amide bonds. The van der Waals surface area contributed by atoms with Crippen LogP contribution in [0.4, 0.5) is 18.9 Å². The molecule has 9 heteroatoms. The average molecular weight is 388 g/mol. The Balaban J connectivity index is 1.82. The van der Waals surface area contributed by atoms with E-state index in [1.807, 2.05) is 6.92 Å². The van der Waals surface area contributed by atoms with E-state index >= 15 is 0 Å². The van der Waals surface area contributed by atoms with Crippen molar-refractivity contribution < 1.29 is 22.8 Å². The lowest BCUT2D eigenvalue weighted by molar-refractivity contribution is -0.137. The Morgan fingerprint density at radius 1 is 1.00 bits per heavy atom. The van der Waals surface area contributed by atoms with Gasteiger partial charge < -0.3 is 9.80 Å². The fourth-order valence-corrected chi connectivity index (χ4v) is 3.37. The first-order valence-corrected chi connectivity index (χ1v) is 8.55. The van der Waals surface area contributed by atoms with Crippen molar-refractivity contribution >= 4 is 29.1 Å². The normalized spacial score (nSPS) is 19.7. The summed E-state index contributed by atoms with van der Waals surface area (Å²) >= 11 is 6.11. The van der Waals surface area contributed by atoms with Gasteiger partial charge in [0.25, 0.3) is 11.8 Å². The number of hydrogen-bond acceptors (Lipinski definition) is 4. The number of hydrogen-bond donors (Lipinski definition) is 0. The summed E-state index contributed by atoms with van der Waals surface area (Å²) < 4.78 is 38.1. The second kappa shape index (κ2) is 6.92. The molecule has 1 saturated heterocycles. The molecule has 3 rings (SSSR count). The smallest absolute Gasteiger partial charge is 0.363 e. The fourth-order valence-electron chi connectivity index (χ4n) is 3.09. The van der Waals surface area contributed by atoms with Crippen LogP contribution in [0.2, 0.25) is 0 Å². The van der Waals surface area contributed by atoms with Crippen molar-refractivity contribution in [1.82, 2.24) is 9.80 Å². The average Bonchev–Trinajstić information content (AvgIpc) is 2.84. The van der Waals surface area contributed by atoms with Crippen molar-refractivity contribution in [3.63, 3.8) is 0 Å². The standard InChI is InChI=1S/C17H17ClF3N3O2/c1-2-22-7-9-23(10-8-22)14-13(18)15(25)24(16(14)26)12-5-3-11(4-6-12)17(19,20)21/h3-6H,2,7-10H2,1H3. The molecular formula is C17H17ClF3N3O2. The fraction of sp³-hybridized carbons (Fsp3) is 0.412. The maximum absolute atomic E-state index is 12.7. The van der Waals surface area contributed by atoms with Gasteiger partial charge in [0.1, 0.15) is 10.7 Å². The number of carbonyl (C=O) groups is 2. The van der Waals surface area contributed by atoms with E-state index in [1.165, 1.54) is 0 Å². The van der Waals surface area contributed by atoms with E-state index in [0.717, 1.165) is 48.8 Å². The van der Waals surface area contributed by atoms with E-state index < -0.39 is 23.6 Å². The lowest BCUT2D eigenvalue weighted by Gasteiger charge is -2.35. The summed E-state index contributed by atoms with van der Waals surface area (Å²) in [6.45, 7) is 5.53. The summed E-state index contributed by atoms with van der Waals surface area (Å²) in [4.78, 5) is 30.0. The Kier molecular flexibility index (Phi) is 4.98. The summed E-state index contributed by atoms with van der Waals surface area (Å²) in [6, 6.07) is 3.87. The number of anilines is 1. The molecule has 0 aliphatic carbocycles. The Labute approximate surface area is 153 Å². The molecule has 1 aromatic carbocycles. The van der Waals surface area contributed by atoms with Gasteiger partial charge in [0.15, 0.2) is 0 Å². The van der Waals surface area contributed by atoms with Crippen LogP contribution in [0.15, 0.2) is 35.0 Å². The first kappa shape index (κ1) is 18.7. The van der Waals surface area contributed by atoms with Crippen LogP contribution in [-0.2, 0) is 15.8 Å². The molecule has 26 heavy (non-hydrogen) atoms. The van der Waals surface area contributed by atoms with Crippen LogP contribution < -0.4 is 4.90 Å². The predicted molar refractivity (Wildman–Crippen MR) is 90.5 cm³/mol. The van der Waals surface area contributed by atoms with Gasteiger partial charge >= 0.3 is 6.18 Å². The van der Waals surface area contributed by atoms with Gasteiger partial charge in [-0.05, 0) is 30.8 Å². The van der Waals surface area contributed by atoms with E-state index in [-0.39, 0.29) is 16.4 Å². The Morgan fingerprint density at radius 3 is 2.08 bits per heavy atom. The molecule has 0 N–H and O–H groups in total. The second-order valence-corrected chi connectivity index (χ2v) is 6.45. The minimum absolute atomic E-state index is 0.0633. The highest BCUT2D eigenvalue weighted by Gasteiger charge is 2.42. The summed E-state index contributed by atoms with van der Waals surface area (Å²) in [6.07, 6.45) is -4.49. The third-order valence-corrected chi connectivity index (χ3v) is 4.93. The molecular weight excluding hydrogens is 371 g/mol. The summed E-state index contributed by atoms with van der Waals surface area (Å²) in [5, 5.41) is -0.195. The molecule has 0 saturated carbocycles. The molecule has 140 valence electrons. The number of rotatable bonds is 3. The lowest BCUT2D eigenvalue weighted by Crippen LogP contribution is -2.47. The number of imide groups is 1. The van der Waals surface area contributed by atoms with Crippen molar-refractivity contribution in [2.45, 2.75) is 13.1 Å². The largest absolute Gasteiger partial charge is 0.416 e. The van der Waals surface area contributed by atoms with Gasteiger partial charge in [-0.3, -0.25) is 9.59 Å². The molecule has 0 radical (unpaired) electrons. The number of carbonyl (C=O) groups excluding carboxylic acids is 2. The van der Waals surface area contributed by atoms with Gasteiger partial charge in [0, 0.05) is 26.2 Å². The van der Waals surface area contributed by atoms with Gasteiger partial charge in [-0.2, -0.15) is 13.2 Å². The van der Waals surface area contributed by atoms with Crippen molar-refractivity contribution in [2.75, 3.05) is 37.6 Å². The van der Waals surface area contributed by atoms with Crippen LogP contribution in [0.3, 0.4) is 0 Å². The van der Waals surface area contributed by atoms with Crippen molar-refractivity contribution in [3.8, 4) is 0 Å². The first-order chi connectivity index (χ1) is 12.2. The number of likely N-dealkylation sites (N-methyl/N-ethyl adjacent to an activating group) is 1. The molecule has 0 spiro atoms. The summed E-state index contributed by atoms with van der Waals surface area (Å²) in [5.41, 5.74) is -0.670. The lowest BCUT2D eigenvalue weighted by atomic mass is 10.2. The number of benzene rings is 1. The number of piperazine rings is 1. The zero-order valence-corrected chi connectivity index (χ0v) is 14.8. The summed E-state index contributed by atoms with van der Waals surface area (Å²) in [5.74, 6) is -1.32. The number of amides is 2. The molecule has 2 heterocycles. The van der Waals surface area contributed by atoms with Crippen LogP contribution >= 0.6 is 11.6 Å². The number of alkyl halides is 3. The highest BCUT2D eigenvalue weighted by molar-refractivity contribution is 6.52. The summed E-state index contributed by atoms with van der Waals surface area (Å²) in [7, 11) is 0. The second-order valence-electron chi connectivity index (χ2n) is 6.07. The quantitative estimate of drug-likeness (QED) is 0.748. The van der Waals surface area contributed by atoms with Gasteiger partial charge in [-0.25, -0.2) is 4.90 Å². The van der Waals surface area contributed by atoms with E-state index in [9.17, 15) is 22.8 Å². The minimum atomic E-state index is -4.49. The van der Waals surface area contributed by atoms with Crippen molar-refractivity contribution in [2.24, 2.45) is 0 Å². The maximum Gasteiger partial charge on any atom is 0.416 e. The van der Waals surface area contributed by atoms with Crippen LogP contribution in [0.25, 0.3) is 0 Å². The van der Waals surface area contributed by atoms with Gasteiger partial charge in [0.2, 0.25) is 0 Å². The third kappa shape index (κ3) is 3.31. The molecule has 0 atom stereocenters. The van der Waals surface area contributed by atoms with Crippen molar-refractivity contribution in [1.29, 1.82) is 0 Å². The topological polar surface area (TPSA) is 43.9 Å². The Hall–Kier alpha value is -2.06. The molecule has 1 aromatic rings. The van der Waals surface area contributed by atoms with Gasteiger partial charge in [-0.1, -0.05) is 18.5 Å². The predicted octanol–water partition coefficient (Wildman–Crippen LogP) is 2.67. The van der Waals surface area contributed by atoms with E-state index in [0.29, 0.717) is 13.1 Å². The monoisotopic (exact) mass is 387 g/mol. The molecule has 5 nitrogen and oxygen atoms in total. The third-order valence-electron chi connectivity index (χ3n) is 4.59. The molecule has 2 aliphatic rings. The zero-order chi connectivity index (χ0) is 19.1. The molecule has 1 fully saturated rings. The van der Waals surface area contributed by atoms with E-state index in [4.69, 9.17) is 11.6 Å². The molecule has 0 unspecified atom stereocenters. The SMILES string of the molecule is CCN1CCN(C2=C(Cl)C(=O)N(c3ccc(C(F)(F)F)cc3)C2=O)CC1. The van der Waals surface area contributed by atoms with Crippen LogP contribution in [0, 0.1) is 0 Å². The first-order valence-electron chi connectivity index (χ1n) is 8.17. The van der Waals surface area contributed by atoms with Crippen molar-refractivity contribution in [3.05, 3.63) is 40.6 Å². The molecule has 2 aliphatic heterocycles. The van der Waals surface area contributed by atoms with Crippen LogP contribution in [0.5, 0.6) is 0 Å². The Morgan fingerprint density at radius 2 is 1.58 bits per heavy atom. The van der Waals surface area contributed by atoms with Gasteiger partial charge in [-0.15, -0.1) is 0 Å². The van der Waals surface area contributed by atoms with Crippen LogP contribution in [0.1, 0.15) is 12.5 Å². The Bertz CT molecular complexity index is 754. The van der Waals surface area contributed by atoms with E-state index in [1.54, 1.807) is 4.90 Å². The molecule has 0 bridgehead atoms. The highest BCUT2D eigenvalue weighted by Crippen LogP contribution is 2.34. The number of nitrogens with zero attached hydrogens (tertiary/aromatic N) is 3. The highest BCUT2D eigenvalue weighted by atomic mass is 35.5. The van der Waals surface area contributed by atoms with Crippen LogP contribution in [-0.4, -0.2) is 54.3 Å². The maximum atomic E-state index is 12.7. The zero-order valence-electron chi connectivity index (χ0n) is 14.0. The number of halogens is 4. The minimum Gasteiger partial charge on any atom is -0.363 e. The molecule has 0 aromatic heterocycles. The van der Waals surface area contributed by atoms with E-state index in [2.05, 4.69) is 4.90 Å². The van der Waals surface area contributed by atoms with Gasteiger partial charge in [0.05, 0.1) is 11.3 Å².